The van der Waals surface area contributed by atoms with Crippen LogP contribution in [0.5, 0.6) is 0 Å². The zero-order valence-corrected chi connectivity index (χ0v) is 25.0. The maximum atomic E-state index is 11.3. The van der Waals surface area contributed by atoms with Crippen molar-refractivity contribution in [3.63, 3.8) is 0 Å². The van der Waals surface area contributed by atoms with Crippen LogP contribution in [0.25, 0.3) is 0 Å². The molecule has 18 atom stereocenters. The number of rotatable bonds is 9. The zero-order chi connectivity index (χ0) is 31.7. The first-order chi connectivity index (χ1) is 21.0. The fourth-order valence-corrected chi connectivity index (χ4v) is 6.71. The van der Waals surface area contributed by atoms with Crippen LogP contribution in [0, 0.1) is 5.92 Å². The minimum absolute atomic E-state index is 0.0248. The Morgan fingerprint density at radius 3 is 2.14 bits per heavy atom. The molecule has 0 aromatic heterocycles. The molecule has 0 radical (unpaired) electrons. The molecule has 5 aliphatic rings. The molecule has 44 heavy (non-hydrogen) atoms. The Bertz CT molecular complexity index is 907. The number of morpholine rings is 1. The molecule has 0 amide bonds. The molecule has 0 aromatic rings. The van der Waals surface area contributed by atoms with Crippen LogP contribution in [0.4, 0.5) is 0 Å². The van der Waals surface area contributed by atoms with Crippen molar-refractivity contribution in [2.75, 3.05) is 32.9 Å². The molecule has 1 aliphatic carbocycles. The summed E-state index contributed by atoms with van der Waals surface area (Å²) in [6.07, 6.45) is -12.4. The summed E-state index contributed by atoms with van der Waals surface area (Å²) in [5.74, 6) is -0.702. The first-order valence-electron chi connectivity index (χ1n) is 15.6. The van der Waals surface area contributed by atoms with E-state index in [9.17, 15) is 25.5 Å². The molecule has 256 valence electrons. The second kappa shape index (κ2) is 15.0. The zero-order valence-electron chi connectivity index (χ0n) is 25.0. The second-order valence-corrected chi connectivity index (χ2v) is 12.6. The lowest BCUT2D eigenvalue weighted by atomic mass is 9.84. The molecule has 14 N–H and O–H groups in total. The van der Waals surface area contributed by atoms with Gasteiger partial charge in [0.1, 0.15) is 42.7 Å². The van der Waals surface area contributed by atoms with E-state index in [1.54, 1.807) is 6.92 Å². The monoisotopic (exact) mass is 637 g/mol. The number of hydrogen-bond donors (Lipinski definition) is 10. The highest BCUT2D eigenvalue weighted by Gasteiger charge is 2.53. The Balaban J connectivity index is 1.28. The molecule has 18 unspecified atom stereocenters. The van der Waals surface area contributed by atoms with Crippen molar-refractivity contribution in [3.8, 4) is 0 Å². The number of nitrogens with one attached hydrogen (secondary N) is 1. The van der Waals surface area contributed by atoms with Crippen molar-refractivity contribution in [2.24, 2.45) is 28.9 Å². The van der Waals surface area contributed by atoms with Crippen LogP contribution in [-0.4, -0.2) is 163 Å². The van der Waals surface area contributed by atoms with Crippen molar-refractivity contribution in [2.45, 2.75) is 130 Å². The van der Waals surface area contributed by atoms with Gasteiger partial charge in [0.15, 0.2) is 18.9 Å². The lowest BCUT2D eigenvalue weighted by Gasteiger charge is -2.46. The van der Waals surface area contributed by atoms with Gasteiger partial charge in [-0.1, -0.05) is 6.92 Å². The van der Waals surface area contributed by atoms with Crippen molar-refractivity contribution in [3.05, 3.63) is 0 Å². The van der Waals surface area contributed by atoms with E-state index < -0.39 is 104 Å². The quantitative estimate of drug-likeness (QED) is 0.113. The van der Waals surface area contributed by atoms with Crippen molar-refractivity contribution >= 4 is 0 Å². The Hall–Kier alpha value is -0.680. The van der Waals surface area contributed by atoms with Gasteiger partial charge in [0, 0.05) is 31.1 Å². The summed E-state index contributed by atoms with van der Waals surface area (Å²) in [6, 6.07) is -1.93. The molecule has 1 saturated carbocycles. The third kappa shape index (κ3) is 7.24. The van der Waals surface area contributed by atoms with E-state index in [4.69, 9.17) is 56.1 Å². The standard InChI is InChI=1S/C27H51N5O12/c1-10-18(34)20(36)16(7-28)40-25(10)43-23-17(8-33)41-27(21(23)37)44-24-19(35)12(30)6-13(31)22(24)42-26-11(29)2-3-15(39-26)14-9-38-5-4-32-14/h10-27,32-37H,2-9,28-31H2,1H3. The average molecular weight is 638 g/mol. The normalized spacial score (nSPS) is 52.2. The van der Waals surface area contributed by atoms with Gasteiger partial charge in [-0.15, -0.1) is 0 Å². The summed E-state index contributed by atoms with van der Waals surface area (Å²) < 4.78 is 41.9. The fraction of sp³-hybridized carbons (Fsp3) is 1.00. The Labute approximate surface area is 256 Å². The molecule has 5 fully saturated rings. The molecule has 0 spiro atoms. The van der Waals surface area contributed by atoms with Crippen LogP contribution in [0.3, 0.4) is 0 Å². The van der Waals surface area contributed by atoms with E-state index in [1.807, 2.05) is 0 Å². The topological polar surface area (TPSA) is 282 Å². The molecule has 17 nitrogen and oxygen atoms in total. The summed E-state index contributed by atoms with van der Waals surface area (Å²) in [5, 5.41) is 56.6. The van der Waals surface area contributed by atoms with E-state index >= 15 is 0 Å². The number of nitrogens with two attached hydrogens (primary N) is 4. The predicted molar refractivity (Wildman–Crippen MR) is 150 cm³/mol. The van der Waals surface area contributed by atoms with Gasteiger partial charge < -0.3 is 86.9 Å². The fourth-order valence-electron chi connectivity index (χ4n) is 6.71. The highest BCUT2D eigenvalue weighted by molar-refractivity contribution is 5.01. The van der Waals surface area contributed by atoms with Gasteiger partial charge in [-0.25, -0.2) is 0 Å². The van der Waals surface area contributed by atoms with Gasteiger partial charge in [0.25, 0.3) is 0 Å². The number of aliphatic hydroxyl groups is 5. The Morgan fingerprint density at radius 1 is 0.750 bits per heavy atom. The van der Waals surface area contributed by atoms with Crippen LogP contribution in [-0.2, 0) is 33.2 Å². The highest BCUT2D eigenvalue weighted by Crippen LogP contribution is 2.35. The molecule has 0 aromatic carbocycles. The maximum Gasteiger partial charge on any atom is 0.187 e. The molecule has 0 bridgehead atoms. The van der Waals surface area contributed by atoms with Crippen molar-refractivity contribution in [1.29, 1.82) is 0 Å². The maximum absolute atomic E-state index is 11.3. The van der Waals surface area contributed by atoms with Gasteiger partial charge >= 0.3 is 0 Å². The molecule has 5 rings (SSSR count). The second-order valence-electron chi connectivity index (χ2n) is 12.6. The summed E-state index contributed by atoms with van der Waals surface area (Å²) in [5.41, 5.74) is 24.7. The minimum Gasteiger partial charge on any atom is -0.394 e. The van der Waals surface area contributed by atoms with E-state index in [2.05, 4.69) is 5.32 Å². The Kier molecular flexibility index (Phi) is 11.8. The lowest BCUT2D eigenvalue weighted by Crippen LogP contribution is -2.66. The predicted octanol–water partition coefficient (Wildman–Crippen LogP) is -5.50. The Morgan fingerprint density at radius 2 is 1.45 bits per heavy atom. The molecule has 4 saturated heterocycles. The van der Waals surface area contributed by atoms with Crippen molar-refractivity contribution < 1.29 is 58.7 Å². The van der Waals surface area contributed by atoms with Crippen LogP contribution < -0.4 is 28.3 Å². The smallest absolute Gasteiger partial charge is 0.187 e. The number of aliphatic hydroxyl groups excluding tert-OH is 5. The van der Waals surface area contributed by atoms with Gasteiger partial charge in [0.05, 0.1) is 50.2 Å². The number of ether oxygens (including phenoxy) is 7. The first kappa shape index (κ1) is 34.6. The van der Waals surface area contributed by atoms with Crippen LogP contribution in [0.15, 0.2) is 0 Å². The molecular weight excluding hydrogens is 586 g/mol. The van der Waals surface area contributed by atoms with Crippen LogP contribution in [0.2, 0.25) is 0 Å². The summed E-state index contributed by atoms with van der Waals surface area (Å²) in [6.45, 7) is 2.81. The van der Waals surface area contributed by atoms with Crippen LogP contribution in [0.1, 0.15) is 26.2 Å². The summed E-state index contributed by atoms with van der Waals surface area (Å²) in [7, 11) is 0. The average Bonchev–Trinajstić information content (AvgIpc) is 3.32. The van der Waals surface area contributed by atoms with Gasteiger partial charge in [0.2, 0.25) is 0 Å². The summed E-state index contributed by atoms with van der Waals surface area (Å²) in [4.78, 5) is 0. The molecular formula is C27H51N5O12. The van der Waals surface area contributed by atoms with Gasteiger partial charge in [-0.05, 0) is 19.3 Å². The third-order valence-corrected chi connectivity index (χ3v) is 9.49. The number of hydrogen-bond acceptors (Lipinski definition) is 17. The van der Waals surface area contributed by atoms with E-state index in [0.717, 1.165) is 0 Å². The van der Waals surface area contributed by atoms with E-state index in [1.165, 1.54) is 0 Å². The van der Waals surface area contributed by atoms with Crippen LogP contribution >= 0.6 is 0 Å². The summed E-state index contributed by atoms with van der Waals surface area (Å²) >= 11 is 0. The van der Waals surface area contributed by atoms with Crippen molar-refractivity contribution in [1.82, 2.24) is 5.32 Å². The SMILES string of the molecule is CC1C(OC2C(CO)OC(OC3C(O)C(N)CC(N)C3OC3OC(C4COCCN4)CCC3N)C2O)OC(CN)C(O)C1O. The highest BCUT2D eigenvalue weighted by atomic mass is 16.8. The molecule has 4 heterocycles. The lowest BCUT2D eigenvalue weighted by molar-refractivity contribution is -0.297. The molecule has 17 heteroatoms. The van der Waals surface area contributed by atoms with Gasteiger partial charge in [-0.2, -0.15) is 0 Å². The first-order valence-corrected chi connectivity index (χ1v) is 15.6. The van der Waals surface area contributed by atoms with E-state index in [-0.39, 0.29) is 25.1 Å². The molecule has 4 aliphatic heterocycles. The minimum atomic E-state index is -1.47. The van der Waals surface area contributed by atoms with Gasteiger partial charge in [-0.3, -0.25) is 0 Å². The largest absolute Gasteiger partial charge is 0.394 e. The van der Waals surface area contributed by atoms with E-state index in [0.29, 0.717) is 32.6 Å². The third-order valence-electron chi connectivity index (χ3n) is 9.49.